The molecule has 50 valence electrons. The molecule has 0 aromatic carbocycles. The highest BCUT2D eigenvalue weighted by Gasteiger charge is 1.95. The predicted molar refractivity (Wildman–Crippen MR) is 36.3 cm³/mol. The number of rotatable bonds is 2. The summed E-state index contributed by atoms with van der Waals surface area (Å²) in [6.45, 7) is 5.10. The Balaban J connectivity index is 3.86. The van der Waals surface area contributed by atoms with Gasteiger partial charge in [0, 0.05) is 11.6 Å². The van der Waals surface area contributed by atoms with Crippen molar-refractivity contribution in [3.63, 3.8) is 0 Å². The molecule has 0 atom stereocenters. The van der Waals surface area contributed by atoms with Gasteiger partial charge in [-0.1, -0.05) is 6.58 Å². The summed E-state index contributed by atoms with van der Waals surface area (Å²) in [5.74, 6) is 0.370. The van der Waals surface area contributed by atoms with Crippen LogP contribution in [0.5, 0.6) is 0 Å². The summed E-state index contributed by atoms with van der Waals surface area (Å²) in [5.41, 5.74) is -0.844. The average molecular weight is 147 g/mol. The van der Waals surface area contributed by atoms with Gasteiger partial charge in [0.2, 0.25) is 0 Å². The lowest BCUT2D eigenvalue weighted by molar-refractivity contribution is 0.206. The first-order valence-electron chi connectivity index (χ1n) is 2.36. The van der Waals surface area contributed by atoms with Crippen LogP contribution in [-0.2, 0) is 4.74 Å². The van der Waals surface area contributed by atoms with Crippen molar-refractivity contribution in [3.8, 4) is 0 Å². The molecule has 0 N–H and O–H groups in total. The maximum Gasteiger partial charge on any atom is 0.409 e. The van der Waals surface area contributed by atoms with Gasteiger partial charge < -0.3 is 4.74 Å². The topological polar surface area (TPSA) is 26.3 Å². The van der Waals surface area contributed by atoms with E-state index in [1.54, 1.807) is 13.0 Å². The lowest BCUT2D eigenvalue weighted by Gasteiger charge is -1.95. The van der Waals surface area contributed by atoms with Gasteiger partial charge in [-0.3, -0.25) is 0 Å². The van der Waals surface area contributed by atoms with Crippen molar-refractivity contribution in [1.29, 1.82) is 0 Å². The highest BCUT2D eigenvalue weighted by Crippen LogP contribution is 2.00. The quantitative estimate of drug-likeness (QED) is 0.340. The van der Waals surface area contributed by atoms with Gasteiger partial charge in [0.05, 0.1) is 0 Å². The van der Waals surface area contributed by atoms with Crippen LogP contribution in [0.1, 0.15) is 6.92 Å². The maximum absolute atomic E-state index is 10.0. The van der Waals surface area contributed by atoms with Crippen molar-refractivity contribution >= 4 is 17.0 Å². The van der Waals surface area contributed by atoms with Gasteiger partial charge in [-0.15, -0.1) is 0 Å². The molecular formula is C6H7ClO2. The molecule has 0 aromatic rings. The maximum atomic E-state index is 10.0. The molecule has 3 heteroatoms. The Hall–Kier alpha value is -0.760. The van der Waals surface area contributed by atoms with Crippen molar-refractivity contribution < 1.29 is 9.53 Å². The van der Waals surface area contributed by atoms with Crippen LogP contribution in [0.2, 0.25) is 0 Å². The number of halogens is 1. The van der Waals surface area contributed by atoms with Crippen molar-refractivity contribution in [3.05, 3.63) is 24.5 Å². The number of carbonyl (C=O) groups excluding carboxylic acids is 1. The minimum Gasteiger partial charge on any atom is -0.415 e. The van der Waals surface area contributed by atoms with E-state index in [-0.39, 0.29) is 0 Å². The third kappa shape index (κ3) is 3.79. The van der Waals surface area contributed by atoms with E-state index in [1.807, 2.05) is 0 Å². The Kier molecular flexibility index (Phi) is 3.80. The van der Waals surface area contributed by atoms with Crippen LogP contribution in [0, 0.1) is 0 Å². The molecule has 0 aromatic heterocycles. The third-order valence-electron chi connectivity index (χ3n) is 0.684. The summed E-state index contributed by atoms with van der Waals surface area (Å²) in [6, 6.07) is 0. The minimum atomic E-state index is -0.844. The summed E-state index contributed by atoms with van der Waals surface area (Å²) < 4.78 is 4.42. The third-order valence-corrected chi connectivity index (χ3v) is 0.761. The second-order valence-corrected chi connectivity index (χ2v) is 1.54. The number of carbonyl (C=O) groups is 1. The molecular weight excluding hydrogens is 140 g/mol. The second kappa shape index (κ2) is 4.15. The van der Waals surface area contributed by atoms with E-state index in [9.17, 15) is 4.79 Å². The van der Waals surface area contributed by atoms with Crippen molar-refractivity contribution in [2.24, 2.45) is 0 Å². The standard InChI is InChI=1S/C6H7ClO2/c1-3-5(4-2)9-6(7)8/h3-4H,1H2,2H3/b5-4+. The van der Waals surface area contributed by atoms with E-state index in [2.05, 4.69) is 11.3 Å². The summed E-state index contributed by atoms with van der Waals surface area (Å²) >= 11 is 4.88. The molecule has 9 heavy (non-hydrogen) atoms. The number of ether oxygens (including phenoxy) is 1. The van der Waals surface area contributed by atoms with Crippen LogP contribution in [0.3, 0.4) is 0 Å². The molecule has 0 aliphatic rings. The molecule has 0 bridgehead atoms. The Morgan fingerprint density at radius 1 is 1.78 bits per heavy atom. The van der Waals surface area contributed by atoms with Crippen LogP contribution in [0.25, 0.3) is 0 Å². The summed E-state index contributed by atoms with van der Waals surface area (Å²) in [4.78, 5) is 10.0. The molecule has 0 saturated heterocycles. The molecule has 0 heterocycles. The Morgan fingerprint density at radius 2 is 2.33 bits per heavy atom. The van der Waals surface area contributed by atoms with Crippen molar-refractivity contribution in [2.45, 2.75) is 6.92 Å². The Labute approximate surface area is 58.8 Å². The number of allylic oxidation sites excluding steroid dienone is 2. The van der Waals surface area contributed by atoms with Crippen LogP contribution >= 0.6 is 11.6 Å². The fourth-order valence-electron chi connectivity index (χ4n) is 0.311. The van der Waals surface area contributed by atoms with E-state index < -0.39 is 5.43 Å². The monoisotopic (exact) mass is 146 g/mol. The van der Waals surface area contributed by atoms with E-state index in [0.29, 0.717) is 5.76 Å². The lowest BCUT2D eigenvalue weighted by Crippen LogP contribution is -1.90. The van der Waals surface area contributed by atoms with E-state index in [0.717, 1.165) is 0 Å². The number of hydrogen-bond donors (Lipinski definition) is 0. The van der Waals surface area contributed by atoms with Crippen molar-refractivity contribution in [2.75, 3.05) is 0 Å². The first-order chi connectivity index (χ1) is 4.20. The highest BCUT2D eigenvalue weighted by molar-refractivity contribution is 6.61. The second-order valence-electron chi connectivity index (χ2n) is 1.23. The van der Waals surface area contributed by atoms with Gasteiger partial charge in [-0.05, 0) is 19.1 Å². The predicted octanol–water partition coefficient (Wildman–Crippen LogP) is 2.45. The van der Waals surface area contributed by atoms with Gasteiger partial charge in [-0.25, -0.2) is 4.79 Å². The minimum absolute atomic E-state index is 0.370. The van der Waals surface area contributed by atoms with E-state index >= 15 is 0 Å². The molecule has 0 aliphatic heterocycles. The molecule has 2 nitrogen and oxygen atoms in total. The van der Waals surface area contributed by atoms with E-state index in [1.165, 1.54) is 6.08 Å². The van der Waals surface area contributed by atoms with Crippen LogP contribution in [0.15, 0.2) is 24.5 Å². The molecule has 0 spiro atoms. The normalized spacial score (nSPS) is 10.7. The highest BCUT2D eigenvalue weighted by atomic mass is 35.5. The Morgan fingerprint density at radius 3 is 2.44 bits per heavy atom. The molecule has 0 rings (SSSR count). The van der Waals surface area contributed by atoms with Gasteiger partial charge >= 0.3 is 5.43 Å². The first-order valence-corrected chi connectivity index (χ1v) is 2.74. The van der Waals surface area contributed by atoms with Crippen molar-refractivity contribution in [1.82, 2.24) is 0 Å². The summed E-state index contributed by atoms with van der Waals surface area (Å²) in [5, 5.41) is 0. The molecule has 0 saturated carbocycles. The SMILES string of the molecule is C=C/C(=C\C)OC(=O)Cl. The zero-order valence-corrected chi connectivity index (χ0v) is 5.81. The molecule has 0 fully saturated rings. The zero-order valence-electron chi connectivity index (χ0n) is 5.06. The molecule has 0 radical (unpaired) electrons. The molecule has 0 amide bonds. The fourth-order valence-corrected chi connectivity index (χ4v) is 0.400. The summed E-state index contributed by atoms with van der Waals surface area (Å²) in [7, 11) is 0. The lowest BCUT2D eigenvalue weighted by atomic mass is 10.5. The van der Waals surface area contributed by atoms with Gasteiger partial charge in [0.1, 0.15) is 5.76 Å². The molecule has 0 unspecified atom stereocenters. The van der Waals surface area contributed by atoms with Crippen LogP contribution in [-0.4, -0.2) is 5.43 Å². The Bertz CT molecular complexity index is 149. The summed E-state index contributed by atoms with van der Waals surface area (Å²) in [6.07, 6.45) is 2.99. The molecule has 0 aliphatic carbocycles. The van der Waals surface area contributed by atoms with Crippen LogP contribution in [0.4, 0.5) is 4.79 Å². The number of hydrogen-bond acceptors (Lipinski definition) is 2. The largest absolute Gasteiger partial charge is 0.415 e. The van der Waals surface area contributed by atoms with Gasteiger partial charge in [0.25, 0.3) is 0 Å². The first kappa shape index (κ1) is 8.24. The average Bonchev–Trinajstić information content (AvgIpc) is 1.82. The van der Waals surface area contributed by atoms with Crippen LogP contribution < -0.4 is 0 Å². The van der Waals surface area contributed by atoms with Gasteiger partial charge in [0.15, 0.2) is 0 Å². The smallest absolute Gasteiger partial charge is 0.409 e. The van der Waals surface area contributed by atoms with Gasteiger partial charge in [-0.2, -0.15) is 0 Å². The zero-order chi connectivity index (χ0) is 7.28. The fraction of sp³-hybridized carbons (Fsp3) is 0.167. The van der Waals surface area contributed by atoms with E-state index in [4.69, 9.17) is 11.6 Å².